The number of Topliss-reactive ketones (excluding diaryl/α,β-unsaturated/α-hetero) is 1. The summed E-state index contributed by atoms with van der Waals surface area (Å²) >= 11 is 6.29. The number of hydrogen-bond donors (Lipinski definition) is 2. The van der Waals surface area contributed by atoms with Gasteiger partial charge in [-0.25, -0.2) is 4.98 Å². The summed E-state index contributed by atoms with van der Waals surface area (Å²) in [5.41, 5.74) is 8.30. The van der Waals surface area contributed by atoms with Crippen molar-refractivity contribution in [2.24, 2.45) is 12.8 Å². The Balaban J connectivity index is 1.73. The van der Waals surface area contributed by atoms with Gasteiger partial charge in [0.25, 0.3) is 5.91 Å². The lowest BCUT2D eigenvalue weighted by Crippen LogP contribution is -2.37. The number of carbonyl (C=O) groups is 3. The number of primary amides is 1. The Labute approximate surface area is 215 Å². The highest BCUT2D eigenvalue weighted by atomic mass is 35.5. The van der Waals surface area contributed by atoms with E-state index in [1.165, 1.54) is 6.92 Å². The number of ketones is 1. The van der Waals surface area contributed by atoms with E-state index in [1.807, 2.05) is 44.3 Å². The first-order chi connectivity index (χ1) is 17.0. The van der Waals surface area contributed by atoms with Gasteiger partial charge in [0.2, 0.25) is 5.91 Å². The first-order valence-corrected chi connectivity index (χ1v) is 12.1. The summed E-state index contributed by atoms with van der Waals surface area (Å²) in [5.74, 6) is 0.0736. The SMILES string of the molecule is CC(=O)c1nc(-c2ccc(C[C@@H](CCC(N)=O)NC(=O)c3ccc(OC(C)C)c(Cl)c3)cc2)cn1C. The zero-order valence-corrected chi connectivity index (χ0v) is 21.6. The van der Waals surface area contributed by atoms with Gasteiger partial charge in [0, 0.05) is 43.8 Å². The van der Waals surface area contributed by atoms with Crippen LogP contribution in [0.5, 0.6) is 5.75 Å². The maximum atomic E-state index is 12.9. The number of benzene rings is 2. The van der Waals surface area contributed by atoms with Crippen LogP contribution in [-0.2, 0) is 18.3 Å². The minimum Gasteiger partial charge on any atom is -0.489 e. The summed E-state index contributed by atoms with van der Waals surface area (Å²) in [6.07, 6.45) is 2.81. The molecule has 3 N–H and O–H groups in total. The van der Waals surface area contributed by atoms with Crippen LogP contribution >= 0.6 is 11.6 Å². The fourth-order valence-electron chi connectivity index (χ4n) is 3.83. The molecule has 190 valence electrons. The van der Waals surface area contributed by atoms with Gasteiger partial charge in [0.15, 0.2) is 11.6 Å². The molecule has 2 aromatic carbocycles. The van der Waals surface area contributed by atoms with E-state index in [0.29, 0.717) is 40.7 Å². The van der Waals surface area contributed by atoms with Crippen LogP contribution in [0.2, 0.25) is 5.02 Å². The van der Waals surface area contributed by atoms with Gasteiger partial charge in [-0.3, -0.25) is 14.4 Å². The molecule has 0 spiro atoms. The van der Waals surface area contributed by atoms with Crippen LogP contribution in [0.25, 0.3) is 11.3 Å². The molecule has 0 unspecified atom stereocenters. The molecule has 0 aliphatic rings. The van der Waals surface area contributed by atoms with Crippen LogP contribution in [0.3, 0.4) is 0 Å². The predicted octanol–water partition coefficient (Wildman–Crippen LogP) is 4.34. The van der Waals surface area contributed by atoms with Gasteiger partial charge < -0.3 is 20.4 Å². The van der Waals surface area contributed by atoms with Crippen molar-refractivity contribution >= 4 is 29.2 Å². The Hall–Kier alpha value is -3.65. The third kappa shape index (κ3) is 7.18. The van der Waals surface area contributed by atoms with Crippen LogP contribution in [0.4, 0.5) is 0 Å². The quantitative estimate of drug-likeness (QED) is 0.372. The predicted molar refractivity (Wildman–Crippen MR) is 139 cm³/mol. The van der Waals surface area contributed by atoms with Gasteiger partial charge in [0.05, 0.1) is 16.8 Å². The van der Waals surface area contributed by atoms with Crippen LogP contribution in [0.15, 0.2) is 48.7 Å². The molecule has 3 aromatic rings. The number of carbonyl (C=O) groups excluding carboxylic acids is 3. The first-order valence-electron chi connectivity index (χ1n) is 11.7. The van der Waals surface area contributed by atoms with Crippen LogP contribution in [-0.4, -0.2) is 39.3 Å². The molecular weight excluding hydrogens is 480 g/mol. The van der Waals surface area contributed by atoms with Crippen LogP contribution < -0.4 is 15.8 Å². The number of nitrogens with zero attached hydrogens (tertiary/aromatic N) is 2. The average Bonchev–Trinajstić information content (AvgIpc) is 3.20. The minimum atomic E-state index is -0.431. The highest BCUT2D eigenvalue weighted by molar-refractivity contribution is 6.32. The monoisotopic (exact) mass is 510 g/mol. The summed E-state index contributed by atoms with van der Waals surface area (Å²) in [7, 11) is 1.78. The molecule has 9 heteroatoms. The van der Waals surface area contributed by atoms with Gasteiger partial charge in [-0.15, -0.1) is 0 Å². The summed E-state index contributed by atoms with van der Waals surface area (Å²) in [5, 5.41) is 3.34. The first kappa shape index (κ1) is 26.9. The lowest BCUT2D eigenvalue weighted by molar-refractivity contribution is -0.118. The van der Waals surface area contributed by atoms with E-state index in [1.54, 1.807) is 29.8 Å². The maximum Gasteiger partial charge on any atom is 0.251 e. The zero-order valence-electron chi connectivity index (χ0n) is 20.9. The second-order valence-corrected chi connectivity index (χ2v) is 9.41. The molecule has 3 rings (SSSR count). The summed E-state index contributed by atoms with van der Waals surface area (Å²) < 4.78 is 7.33. The number of nitrogens with two attached hydrogens (primary N) is 1. The standard InChI is InChI=1S/C27H31ClN4O4/c1-16(2)36-24-11-9-20(14-22(24)28)27(35)30-21(10-12-25(29)34)13-18-5-7-19(8-6-18)23-15-32(4)26(31-23)17(3)33/h5-9,11,14-16,21H,10,12-13H2,1-4H3,(H2,29,34)(H,30,35)/t21-/m1/s1. The second-order valence-electron chi connectivity index (χ2n) is 9.01. The van der Waals surface area contributed by atoms with Crippen molar-refractivity contribution in [2.45, 2.75) is 52.2 Å². The number of hydrogen-bond acceptors (Lipinski definition) is 5. The highest BCUT2D eigenvalue weighted by Gasteiger charge is 2.18. The summed E-state index contributed by atoms with van der Waals surface area (Å²) in [6.45, 7) is 5.27. The van der Waals surface area contributed by atoms with Crippen molar-refractivity contribution < 1.29 is 19.1 Å². The molecule has 0 bridgehead atoms. The van der Waals surface area contributed by atoms with Gasteiger partial charge in [-0.2, -0.15) is 0 Å². The smallest absolute Gasteiger partial charge is 0.251 e. The summed E-state index contributed by atoms with van der Waals surface area (Å²) in [6, 6.07) is 12.3. The number of rotatable bonds is 11. The molecular formula is C27H31ClN4O4. The number of amides is 2. The molecule has 0 saturated carbocycles. The van der Waals surface area contributed by atoms with E-state index in [0.717, 1.165) is 11.1 Å². The summed E-state index contributed by atoms with van der Waals surface area (Å²) in [4.78, 5) is 40.5. The molecule has 1 atom stereocenters. The number of aryl methyl sites for hydroxylation is 1. The normalized spacial score (nSPS) is 11.8. The largest absolute Gasteiger partial charge is 0.489 e. The van der Waals surface area contributed by atoms with Crippen molar-refractivity contribution in [1.29, 1.82) is 0 Å². The number of nitrogens with one attached hydrogen (secondary N) is 1. The molecule has 1 aromatic heterocycles. The van der Waals surface area contributed by atoms with Crippen LogP contribution in [0, 0.1) is 0 Å². The van der Waals surface area contributed by atoms with Crippen molar-refractivity contribution in [3.8, 4) is 17.0 Å². The molecule has 1 heterocycles. The van der Waals surface area contributed by atoms with Crippen molar-refractivity contribution in [3.05, 3.63) is 70.6 Å². The zero-order chi connectivity index (χ0) is 26.4. The fraction of sp³-hybridized carbons (Fsp3) is 0.333. The third-order valence-electron chi connectivity index (χ3n) is 5.55. The van der Waals surface area contributed by atoms with Gasteiger partial charge >= 0.3 is 0 Å². The van der Waals surface area contributed by atoms with E-state index in [-0.39, 0.29) is 30.3 Å². The Bertz CT molecular complexity index is 1250. The molecule has 8 nitrogen and oxygen atoms in total. The number of imidazole rings is 1. The fourth-order valence-corrected chi connectivity index (χ4v) is 4.06. The average molecular weight is 511 g/mol. The van der Waals surface area contributed by atoms with Gasteiger partial charge in [0.1, 0.15) is 5.75 Å². The number of ether oxygens (including phenoxy) is 1. The lowest BCUT2D eigenvalue weighted by Gasteiger charge is -2.19. The molecule has 36 heavy (non-hydrogen) atoms. The lowest BCUT2D eigenvalue weighted by atomic mass is 9.99. The van der Waals surface area contributed by atoms with E-state index >= 15 is 0 Å². The Kier molecular flexibility index (Phi) is 8.88. The van der Waals surface area contributed by atoms with E-state index in [9.17, 15) is 14.4 Å². The highest BCUT2D eigenvalue weighted by Crippen LogP contribution is 2.27. The van der Waals surface area contributed by atoms with Crippen LogP contribution in [0.1, 0.15) is 60.2 Å². The minimum absolute atomic E-state index is 0.0411. The molecule has 0 fully saturated rings. The van der Waals surface area contributed by atoms with Crippen molar-refractivity contribution in [1.82, 2.24) is 14.9 Å². The Morgan fingerprint density at radius 1 is 1.14 bits per heavy atom. The number of halogens is 1. The number of aromatic nitrogens is 2. The maximum absolute atomic E-state index is 12.9. The third-order valence-corrected chi connectivity index (χ3v) is 5.85. The molecule has 0 aliphatic carbocycles. The van der Waals surface area contributed by atoms with E-state index in [2.05, 4.69) is 10.3 Å². The van der Waals surface area contributed by atoms with Gasteiger partial charge in [-0.05, 0) is 50.5 Å². The molecule has 0 radical (unpaired) electrons. The van der Waals surface area contributed by atoms with E-state index in [4.69, 9.17) is 22.1 Å². The molecule has 0 saturated heterocycles. The Morgan fingerprint density at radius 3 is 2.39 bits per heavy atom. The van der Waals surface area contributed by atoms with E-state index < -0.39 is 5.91 Å². The second kappa shape index (κ2) is 11.9. The molecule has 2 amide bonds. The van der Waals surface area contributed by atoms with Crippen molar-refractivity contribution in [2.75, 3.05) is 0 Å². The van der Waals surface area contributed by atoms with Crippen molar-refractivity contribution in [3.63, 3.8) is 0 Å². The molecule has 0 aliphatic heterocycles. The topological polar surface area (TPSA) is 116 Å². The Morgan fingerprint density at radius 2 is 1.83 bits per heavy atom. The van der Waals surface area contributed by atoms with Gasteiger partial charge in [-0.1, -0.05) is 35.9 Å².